The summed E-state index contributed by atoms with van der Waals surface area (Å²) >= 11 is 0. The highest BCUT2D eigenvalue weighted by Crippen LogP contribution is 2.45. The molecule has 1 aromatic rings. The maximum absolute atomic E-state index is 6.18. The van der Waals surface area contributed by atoms with Crippen molar-refractivity contribution in [2.75, 3.05) is 13.2 Å². The number of ether oxygens (including phenoxy) is 1. The third-order valence-electron chi connectivity index (χ3n) is 5.03. The van der Waals surface area contributed by atoms with Crippen LogP contribution in [0.15, 0.2) is 12.4 Å². The van der Waals surface area contributed by atoms with Gasteiger partial charge < -0.3 is 10.1 Å². The van der Waals surface area contributed by atoms with Crippen molar-refractivity contribution in [2.45, 2.75) is 57.1 Å². The minimum atomic E-state index is 0.193. The van der Waals surface area contributed by atoms with Gasteiger partial charge in [-0.15, -0.1) is 0 Å². The Hall–Kier alpha value is -0.870. The molecule has 1 aliphatic heterocycles. The van der Waals surface area contributed by atoms with Crippen LogP contribution in [0.2, 0.25) is 0 Å². The molecule has 1 N–H and O–H groups in total. The van der Waals surface area contributed by atoms with Gasteiger partial charge in [-0.1, -0.05) is 19.8 Å². The fourth-order valence-electron chi connectivity index (χ4n) is 4.10. The molecule has 1 aliphatic carbocycles. The maximum atomic E-state index is 6.18. The molecule has 1 saturated carbocycles. The highest BCUT2D eigenvalue weighted by atomic mass is 16.5. The average Bonchev–Trinajstić information content (AvgIpc) is 3.06. The third-order valence-corrected chi connectivity index (χ3v) is 5.03. The van der Waals surface area contributed by atoms with E-state index in [9.17, 15) is 0 Å². The molecule has 2 fully saturated rings. The van der Waals surface area contributed by atoms with Crippen molar-refractivity contribution in [1.82, 2.24) is 15.1 Å². The van der Waals surface area contributed by atoms with E-state index in [-0.39, 0.29) is 5.60 Å². The molecule has 2 heterocycles. The van der Waals surface area contributed by atoms with Crippen molar-refractivity contribution in [3.8, 4) is 0 Å². The van der Waals surface area contributed by atoms with E-state index in [1.807, 2.05) is 17.9 Å². The maximum Gasteiger partial charge on any atom is 0.0686 e. The van der Waals surface area contributed by atoms with Gasteiger partial charge in [0.2, 0.25) is 0 Å². The molecule has 2 aliphatic rings. The van der Waals surface area contributed by atoms with Gasteiger partial charge in [-0.2, -0.15) is 5.10 Å². The molecule has 2 unspecified atom stereocenters. The van der Waals surface area contributed by atoms with E-state index >= 15 is 0 Å². The van der Waals surface area contributed by atoms with E-state index in [0.29, 0.717) is 12.0 Å². The summed E-state index contributed by atoms with van der Waals surface area (Å²) in [6.07, 6.45) is 11.7. The highest BCUT2D eigenvalue weighted by molar-refractivity contribution is 5.13. The lowest BCUT2D eigenvalue weighted by Crippen LogP contribution is -2.42. The molecule has 0 bridgehead atoms. The number of hydrogen-bond donors (Lipinski definition) is 1. The van der Waals surface area contributed by atoms with Gasteiger partial charge in [0.15, 0.2) is 0 Å². The lowest BCUT2D eigenvalue weighted by Gasteiger charge is -2.41. The number of rotatable bonds is 4. The molecule has 112 valence electrons. The fraction of sp³-hybridized carbons (Fsp3) is 0.812. The zero-order valence-electron chi connectivity index (χ0n) is 12.8. The summed E-state index contributed by atoms with van der Waals surface area (Å²) in [4.78, 5) is 0. The van der Waals surface area contributed by atoms with Crippen LogP contribution in [0.3, 0.4) is 0 Å². The lowest BCUT2D eigenvalue weighted by molar-refractivity contribution is -0.0981. The monoisotopic (exact) mass is 277 g/mol. The first-order valence-electron chi connectivity index (χ1n) is 8.08. The van der Waals surface area contributed by atoms with E-state index in [2.05, 4.69) is 23.5 Å². The van der Waals surface area contributed by atoms with Crippen molar-refractivity contribution in [1.29, 1.82) is 0 Å². The van der Waals surface area contributed by atoms with Crippen molar-refractivity contribution in [2.24, 2.45) is 13.0 Å². The van der Waals surface area contributed by atoms with Crippen LogP contribution in [-0.2, 0) is 11.8 Å². The summed E-state index contributed by atoms with van der Waals surface area (Å²) in [6.45, 7) is 4.12. The van der Waals surface area contributed by atoms with Gasteiger partial charge in [-0.3, -0.25) is 4.68 Å². The Morgan fingerprint density at radius 2 is 2.30 bits per heavy atom. The molecule has 20 heavy (non-hydrogen) atoms. The standard InChI is InChI=1S/C16H27N3O/c1-3-17-15(14-11-18-19(2)12-14)13-6-9-20-16(10-13)7-4-5-8-16/h11-13,15,17H,3-10H2,1-2H3. The molecule has 2 atom stereocenters. The van der Waals surface area contributed by atoms with E-state index in [1.54, 1.807) is 0 Å². The molecule has 4 nitrogen and oxygen atoms in total. The molecule has 0 amide bonds. The largest absolute Gasteiger partial charge is 0.375 e. The van der Waals surface area contributed by atoms with E-state index < -0.39 is 0 Å². The molecular formula is C16H27N3O. The molecule has 3 rings (SSSR count). The zero-order valence-corrected chi connectivity index (χ0v) is 12.8. The topological polar surface area (TPSA) is 39.1 Å². The minimum Gasteiger partial charge on any atom is -0.375 e. The number of nitrogens with zero attached hydrogens (tertiary/aromatic N) is 2. The van der Waals surface area contributed by atoms with Gasteiger partial charge in [0.05, 0.1) is 11.8 Å². The van der Waals surface area contributed by atoms with Crippen molar-refractivity contribution >= 4 is 0 Å². The second kappa shape index (κ2) is 5.86. The van der Waals surface area contributed by atoms with Gasteiger partial charge in [0, 0.05) is 31.5 Å². The van der Waals surface area contributed by atoms with Crippen LogP contribution in [0.25, 0.3) is 0 Å². The Morgan fingerprint density at radius 3 is 2.95 bits per heavy atom. The quantitative estimate of drug-likeness (QED) is 0.920. The first kappa shape index (κ1) is 14.1. The Kier molecular flexibility index (Phi) is 4.13. The first-order valence-corrected chi connectivity index (χ1v) is 8.08. The normalized spacial score (nSPS) is 27.0. The average molecular weight is 277 g/mol. The van der Waals surface area contributed by atoms with Crippen LogP contribution >= 0.6 is 0 Å². The van der Waals surface area contributed by atoms with Gasteiger partial charge in [0.1, 0.15) is 0 Å². The molecule has 1 aromatic heterocycles. The number of aromatic nitrogens is 2. The van der Waals surface area contributed by atoms with E-state index in [4.69, 9.17) is 4.74 Å². The van der Waals surface area contributed by atoms with Crippen LogP contribution in [0, 0.1) is 5.92 Å². The summed E-state index contributed by atoms with van der Waals surface area (Å²) in [6, 6.07) is 0.426. The Morgan fingerprint density at radius 1 is 1.50 bits per heavy atom. The predicted molar refractivity (Wildman–Crippen MR) is 79.5 cm³/mol. The molecule has 1 spiro atoms. The van der Waals surface area contributed by atoms with Crippen molar-refractivity contribution in [3.05, 3.63) is 18.0 Å². The summed E-state index contributed by atoms with van der Waals surface area (Å²) in [7, 11) is 1.99. The molecule has 0 aromatic carbocycles. The Bertz CT molecular complexity index is 437. The Balaban J connectivity index is 1.76. The fourth-order valence-corrected chi connectivity index (χ4v) is 4.10. The highest BCUT2D eigenvalue weighted by Gasteiger charge is 2.42. The van der Waals surface area contributed by atoms with E-state index in [1.165, 1.54) is 37.7 Å². The SMILES string of the molecule is CCNC(c1cnn(C)c1)C1CCOC2(CCCC2)C1. The summed E-state index contributed by atoms with van der Waals surface area (Å²) in [5.41, 5.74) is 1.52. The number of hydrogen-bond acceptors (Lipinski definition) is 3. The van der Waals surface area contributed by atoms with Gasteiger partial charge in [-0.05, 0) is 38.1 Å². The van der Waals surface area contributed by atoms with Crippen LogP contribution < -0.4 is 5.32 Å². The Labute approximate surface area is 121 Å². The second-order valence-electron chi connectivity index (χ2n) is 6.47. The molecule has 1 saturated heterocycles. The van der Waals surface area contributed by atoms with Crippen LogP contribution in [0.4, 0.5) is 0 Å². The first-order chi connectivity index (χ1) is 9.72. The van der Waals surface area contributed by atoms with Crippen LogP contribution in [0.5, 0.6) is 0 Å². The number of nitrogens with one attached hydrogen (secondary N) is 1. The third kappa shape index (κ3) is 2.77. The smallest absolute Gasteiger partial charge is 0.0686 e. The second-order valence-corrected chi connectivity index (χ2v) is 6.47. The summed E-state index contributed by atoms with van der Waals surface area (Å²) in [5, 5.41) is 8.03. The molecule has 0 radical (unpaired) electrons. The molecular weight excluding hydrogens is 250 g/mol. The molecule has 4 heteroatoms. The van der Waals surface area contributed by atoms with Gasteiger partial charge in [0.25, 0.3) is 0 Å². The summed E-state index contributed by atoms with van der Waals surface area (Å²) < 4.78 is 8.08. The van der Waals surface area contributed by atoms with Gasteiger partial charge in [-0.25, -0.2) is 0 Å². The summed E-state index contributed by atoms with van der Waals surface area (Å²) in [5.74, 6) is 0.672. The van der Waals surface area contributed by atoms with Crippen molar-refractivity contribution < 1.29 is 4.74 Å². The minimum absolute atomic E-state index is 0.193. The van der Waals surface area contributed by atoms with E-state index in [0.717, 1.165) is 19.6 Å². The van der Waals surface area contributed by atoms with Crippen LogP contribution in [-0.4, -0.2) is 28.5 Å². The lowest BCUT2D eigenvalue weighted by atomic mass is 9.79. The van der Waals surface area contributed by atoms with Gasteiger partial charge >= 0.3 is 0 Å². The van der Waals surface area contributed by atoms with Crippen LogP contribution in [0.1, 0.15) is 57.1 Å². The zero-order chi connectivity index (χ0) is 14.0. The van der Waals surface area contributed by atoms with Crippen molar-refractivity contribution in [3.63, 3.8) is 0 Å². The predicted octanol–water partition coefficient (Wildman–Crippen LogP) is 2.81. The number of aryl methyl sites for hydroxylation is 1.